The van der Waals surface area contributed by atoms with Gasteiger partial charge in [0, 0.05) is 55.4 Å². The first kappa shape index (κ1) is 53.6. The maximum atomic E-state index is 16.7. The van der Waals surface area contributed by atoms with Gasteiger partial charge >= 0.3 is 12.2 Å². The number of carbonyl (C=O) groups excluding carboxylic acids is 3. The summed E-state index contributed by atoms with van der Waals surface area (Å²) in [6.45, 7) is 9.53. The Balaban J connectivity index is 0.904. The van der Waals surface area contributed by atoms with Crippen LogP contribution >= 0.6 is 0 Å². The summed E-state index contributed by atoms with van der Waals surface area (Å²) in [4.78, 5) is 75.3. The zero-order chi connectivity index (χ0) is 54.8. The fourth-order valence-corrected chi connectivity index (χ4v) is 12.4. The SMILES string of the molecule is COC(=O)N[C@H](C(=O)N1CCC[C@H]1c1nc(-c2ccc([C@H]3CC[C@H](c4ccc(-c5c[nH]c([C@@H]6CCCN6C(=O)[C@@H](NC(=O)O)C(C)C)n5)cc4)N3c3cc(F)c(N4CCC(c5ccccc5)CC4)c(F)c3)cc2)c[nH]1)C(C)C. The molecule has 410 valence electrons. The molecule has 0 saturated carbocycles. The minimum absolute atomic E-state index is 0.00690. The Morgan fingerprint density at radius 1 is 0.615 bits per heavy atom. The molecule has 0 aliphatic carbocycles. The average molecular weight is 1070 g/mol. The summed E-state index contributed by atoms with van der Waals surface area (Å²) in [6, 6.07) is 26.8. The van der Waals surface area contributed by atoms with Gasteiger partial charge in [0.05, 0.1) is 42.7 Å². The van der Waals surface area contributed by atoms with E-state index in [9.17, 15) is 24.3 Å². The zero-order valence-electron chi connectivity index (χ0n) is 44.9. The van der Waals surface area contributed by atoms with Crippen LogP contribution in [-0.4, -0.2) is 104 Å². The van der Waals surface area contributed by atoms with E-state index in [4.69, 9.17) is 14.7 Å². The van der Waals surface area contributed by atoms with Crippen molar-refractivity contribution >= 4 is 35.4 Å². The summed E-state index contributed by atoms with van der Waals surface area (Å²) in [6.07, 6.45) is 7.75. The topological polar surface area (TPSA) is 192 Å². The summed E-state index contributed by atoms with van der Waals surface area (Å²) in [5.74, 6) is -0.408. The number of hydrogen-bond donors (Lipinski definition) is 5. The molecule has 4 saturated heterocycles. The zero-order valence-corrected chi connectivity index (χ0v) is 44.9. The van der Waals surface area contributed by atoms with E-state index in [1.807, 2.05) is 99.6 Å². The highest BCUT2D eigenvalue weighted by molar-refractivity contribution is 5.87. The maximum Gasteiger partial charge on any atom is 0.407 e. The highest BCUT2D eigenvalue weighted by Gasteiger charge is 2.41. The molecule has 78 heavy (non-hydrogen) atoms. The van der Waals surface area contributed by atoms with Crippen molar-refractivity contribution in [2.45, 2.75) is 121 Å². The van der Waals surface area contributed by atoms with Gasteiger partial charge in [-0.1, -0.05) is 107 Å². The Morgan fingerprint density at radius 3 is 1.54 bits per heavy atom. The van der Waals surface area contributed by atoms with Crippen LogP contribution in [0.5, 0.6) is 0 Å². The van der Waals surface area contributed by atoms with E-state index >= 15 is 8.78 Å². The first-order valence-electron chi connectivity index (χ1n) is 27.5. The number of benzene rings is 4. The minimum atomic E-state index is -1.24. The molecule has 0 spiro atoms. The van der Waals surface area contributed by atoms with Crippen LogP contribution in [0, 0.1) is 23.5 Å². The van der Waals surface area contributed by atoms with Gasteiger partial charge in [-0.2, -0.15) is 0 Å². The van der Waals surface area contributed by atoms with Crippen molar-refractivity contribution in [3.63, 3.8) is 0 Å². The molecular formula is C60H70F2N10O6. The quantitative estimate of drug-likeness (QED) is 0.0661. The largest absolute Gasteiger partial charge is 0.465 e. The van der Waals surface area contributed by atoms with Gasteiger partial charge in [0.1, 0.15) is 29.4 Å². The number of ether oxygens (including phenoxy) is 1. The van der Waals surface area contributed by atoms with Crippen molar-refractivity contribution in [1.29, 1.82) is 0 Å². The number of amides is 4. The van der Waals surface area contributed by atoms with Gasteiger partial charge in [0.15, 0.2) is 11.6 Å². The van der Waals surface area contributed by atoms with Crippen molar-refractivity contribution in [3.8, 4) is 22.5 Å². The predicted octanol–water partition coefficient (Wildman–Crippen LogP) is 11.2. The molecule has 0 unspecified atom stereocenters. The van der Waals surface area contributed by atoms with E-state index in [1.54, 1.807) is 9.80 Å². The lowest BCUT2D eigenvalue weighted by atomic mass is 9.89. The number of H-pyrrole nitrogens is 2. The van der Waals surface area contributed by atoms with Crippen LogP contribution < -0.4 is 20.4 Å². The number of rotatable bonds is 15. The predicted molar refractivity (Wildman–Crippen MR) is 294 cm³/mol. The Labute approximate surface area is 454 Å². The third-order valence-electron chi connectivity index (χ3n) is 16.5. The number of likely N-dealkylation sites (tertiary alicyclic amines) is 2. The second-order valence-corrected chi connectivity index (χ2v) is 21.9. The average Bonchev–Trinajstić information content (AvgIpc) is 4.37. The maximum absolute atomic E-state index is 16.7. The van der Waals surface area contributed by atoms with Crippen LogP contribution in [0.3, 0.4) is 0 Å². The Bertz CT molecular complexity index is 3060. The number of methoxy groups -OCH3 is 1. The van der Waals surface area contributed by atoms with Crippen molar-refractivity contribution in [2.75, 3.05) is 43.1 Å². The van der Waals surface area contributed by atoms with Crippen molar-refractivity contribution in [2.24, 2.45) is 11.8 Å². The lowest BCUT2D eigenvalue weighted by Crippen LogP contribution is -2.51. The number of halogens is 2. The van der Waals surface area contributed by atoms with Crippen LogP contribution in [0.15, 0.2) is 103 Å². The van der Waals surface area contributed by atoms with E-state index in [2.05, 4.69) is 49.8 Å². The number of alkyl carbamates (subject to hydrolysis) is 1. The second-order valence-electron chi connectivity index (χ2n) is 21.9. The molecular weight excluding hydrogens is 995 g/mol. The Hall–Kier alpha value is -7.76. The van der Waals surface area contributed by atoms with Gasteiger partial charge in [0.2, 0.25) is 11.8 Å². The van der Waals surface area contributed by atoms with Crippen LogP contribution in [-0.2, 0) is 14.3 Å². The first-order chi connectivity index (χ1) is 37.7. The molecule has 0 radical (unpaired) electrons. The van der Waals surface area contributed by atoms with Crippen molar-refractivity contribution < 1.29 is 37.8 Å². The van der Waals surface area contributed by atoms with E-state index < -0.39 is 35.9 Å². The summed E-state index contributed by atoms with van der Waals surface area (Å²) in [5.41, 5.74) is 6.78. The fourth-order valence-electron chi connectivity index (χ4n) is 12.4. The number of aromatic nitrogens is 4. The van der Waals surface area contributed by atoms with Gasteiger partial charge in [-0.15, -0.1) is 0 Å². The van der Waals surface area contributed by atoms with E-state index in [0.717, 1.165) is 54.4 Å². The summed E-state index contributed by atoms with van der Waals surface area (Å²) in [5, 5.41) is 14.6. The number of hydrogen-bond acceptors (Lipinski definition) is 9. The molecule has 4 aliphatic heterocycles. The lowest BCUT2D eigenvalue weighted by molar-refractivity contribution is -0.136. The third kappa shape index (κ3) is 11.0. The monoisotopic (exact) mass is 1060 g/mol. The minimum Gasteiger partial charge on any atom is -0.465 e. The first-order valence-corrected chi connectivity index (χ1v) is 27.5. The molecule has 4 aliphatic rings. The van der Waals surface area contributed by atoms with E-state index in [1.165, 1.54) is 24.8 Å². The Kier molecular flexibility index (Phi) is 15.9. The van der Waals surface area contributed by atoms with Crippen LogP contribution in [0.25, 0.3) is 22.5 Å². The smallest absolute Gasteiger partial charge is 0.407 e. The molecule has 0 bridgehead atoms. The molecule has 18 heteroatoms. The number of piperidine rings is 1. The van der Waals surface area contributed by atoms with Crippen molar-refractivity contribution in [1.82, 2.24) is 40.4 Å². The number of anilines is 2. The number of carbonyl (C=O) groups is 4. The van der Waals surface area contributed by atoms with Crippen LogP contribution in [0.4, 0.5) is 29.7 Å². The molecule has 16 nitrogen and oxygen atoms in total. The number of carboxylic acid groups (broad SMARTS) is 1. The molecule has 10 rings (SSSR count). The molecule has 5 N–H and O–H groups in total. The summed E-state index contributed by atoms with van der Waals surface area (Å²) < 4.78 is 38.2. The Morgan fingerprint density at radius 2 is 1.09 bits per heavy atom. The van der Waals surface area contributed by atoms with Gasteiger partial charge in [-0.25, -0.2) is 28.3 Å². The number of aromatic amines is 2. The molecule has 6 heterocycles. The van der Waals surface area contributed by atoms with E-state index in [-0.39, 0.29) is 53.5 Å². The van der Waals surface area contributed by atoms with Gasteiger partial charge in [-0.3, -0.25) is 9.59 Å². The fraction of sp³-hybridized carbons (Fsp3) is 0.433. The van der Waals surface area contributed by atoms with E-state index in [0.29, 0.717) is 80.1 Å². The highest BCUT2D eigenvalue weighted by Crippen LogP contribution is 2.49. The number of nitrogens with zero attached hydrogens (tertiary/aromatic N) is 6. The molecule has 4 amide bonds. The molecule has 6 aromatic rings. The summed E-state index contributed by atoms with van der Waals surface area (Å²) in [7, 11) is 1.28. The highest BCUT2D eigenvalue weighted by atomic mass is 19.1. The molecule has 4 aromatic carbocycles. The van der Waals surface area contributed by atoms with Crippen molar-refractivity contribution in [3.05, 3.63) is 143 Å². The second kappa shape index (κ2) is 23.1. The number of nitrogens with one attached hydrogen (secondary N) is 4. The van der Waals surface area contributed by atoms with Gasteiger partial charge < -0.3 is 50.0 Å². The molecule has 6 atom stereocenters. The van der Waals surface area contributed by atoms with Crippen LogP contribution in [0.1, 0.15) is 137 Å². The standard InChI is InChI=1S/C60H70F2N10O6/c1-35(2)52(67-59(75)76)57(73)70-27-9-13-50(70)55-63-33-46(65-55)39-15-19-41(20-16-39)48-23-24-49(72(48)43-31-44(61)54(45(62)32-43)69-29-25-38(26-30-69)37-11-7-6-8-12-37)42-21-17-40(18-22-42)47-34-64-56(66-47)51-14-10-28-71(51)58(74)53(36(3)4)68-60(77)78-5/h6-8,11-12,15-22,31-36,38,48-53,67H,9-10,13-14,23-30H2,1-5H3,(H,63,65)(H,64,66)(H,68,77)(H,75,76)/t48-,49-,50+,51+,52+,53+/m1/s1. The normalized spacial score (nSPS) is 20.6. The summed E-state index contributed by atoms with van der Waals surface area (Å²) >= 11 is 0. The van der Waals surface area contributed by atoms with Crippen LogP contribution in [0.2, 0.25) is 0 Å². The molecule has 2 aromatic heterocycles. The lowest BCUT2D eigenvalue weighted by Gasteiger charge is -2.36. The number of imidazole rings is 2. The van der Waals surface area contributed by atoms with Gasteiger partial charge in [0.25, 0.3) is 0 Å². The molecule has 4 fully saturated rings. The van der Waals surface area contributed by atoms with Gasteiger partial charge in [-0.05, 0) is 97.9 Å². The third-order valence-corrected chi connectivity index (χ3v) is 16.5.